The van der Waals surface area contributed by atoms with E-state index in [1.807, 2.05) is 6.92 Å². The van der Waals surface area contributed by atoms with Crippen LogP contribution in [0, 0.1) is 6.92 Å². The molecule has 0 radical (unpaired) electrons. The molecule has 0 aliphatic rings. The molecule has 0 saturated carbocycles. The Labute approximate surface area is 79.9 Å². The third-order valence-corrected chi connectivity index (χ3v) is 2.26. The largest absolute Gasteiger partial charge is 0.399 e. The zero-order valence-corrected chi connectivity index (χ0v) is 8.22. The van der Waals surface area contributed by atoms with Crippen LogP contribution in [0.3, 0.4) is 0 Å². The minimum absolute atomic E-state index is 0.779. The summed E-state index contributed by atoms with van der Waals surface area (Å²) in [5, 5.41) is 0. The van der Waals surface area contributed by atoms with E-state index in [0.29, 0.717) is 0 Å². The molecule has 0 atom stereocenters. The van der Waals surface area contributed by atoms with Crippen molar-refractivity contribution in [1.82, 2.24) is 0 Å². The Bertz CT molecular complexity index is 269. The normalized spacial score (nSPS) is 10.3. The molecule has 2 nitrogen and oxygen atoms in total. The summed E-state index contributed by atoms with van der Waals surface area (Å²) in [6.07, 6.45) is 3.33. The molecular formula is C11H18N2. The number of unbranched alkanes of at least 4 members (excludes halogenated alkanes) is 1. The number of rotatable bonds is 4. The number of nitrogen functional groups attached to an aromatic ring is 1. The quantitative estimate of drug-likeness (QED) is 0.546. The smallest absolute Gasteiger partial charge is 0.0346 e. The third kappa shape index (κ3) is 3.07. The maximum Gasteiger partial charge on any atom is 0.0346 e. The first kappa shape index (κ1) is 10.1. The van der Waals surface area contributed by atoms with Gasteiger partial charge in [0.1, 0.15) is 0 Å². The van der Waals surface area contributed by atoms with E-state index in [1.165, 1.54) is 5.56 Å². The number of benzene rings is 1. The van der Waals surface area contributed by atoms with Crippen molar-refractivity contribution in [3.63, 3.8) is 0 Å². The standard InChI is InChI=1S/C11H18N2/c1-9-5-6-10(8-11(9)13)4-2-3-7-12/h5-6,8H,2-4,7,12-13H2,1H3. The van der Waals surface area contributed by atoms with Gasteiger partial charge in [-0.3, -0.25) is 0 Å². The van der Waals surface area contributed by atoms with Crippen molar-refractivity contribution in [2.45, 2.75) is 26.2 Å². The van der Waals surface area contributed by atoms with Gasteiger partial charge in [0.05, 0.1) is 0 Å². The first-order valence-corrected chi connectivity index (χ1v) is 4.79. The van der Waals surface area contributed by atoms with Crippen molar-refractivity contribution in [3.05, 3.63) is 29.3 Å². The molecule has 0 aliphatic heterocycles. The first-order chi connectivity index (χ1) is 6.24. The molecule has 1 aromatic carbocycles. The molecular weight excluding hydrogens is 160 g/mol. The van der Waals surface area contributed by atoms with Crippen LogP contribution < -0.4 is 11.5 Å². The lowest BCUT2D eigenvalue weighted by atomic mass is 10.1. The Hall–Kier alpha value is -1.02. The van der Waals surface area contributed by atoms with Crippen LogP contribution in [0.1, 0.15) is 24.0 Å². The SMILES string of the molecule is Cc1ccc(CCCCN)cc1N. The molecule has 1 aromatic rings. The highest BCUT2D eigenvalue weighted by Gasteiger charge is 1.96. The van der Waals surface area contributed by atoms with Gasteiger partial charge in [-0.25, -0.2) is 0 Å². The number of hydrogen-bond acceptors (Lipinski definition) is 2. The Morgan fingerprint density at radius 1 is 1.23 bits per heavy atom. The Morgan fingerprint density at radius 3 is 2.62 bits per heavy atom. The molecule has 0 amide bonds. The zero-order chi connectivity index (χ0) is 9.68. The molecule has 4 N–H and O–H groups in total. The fraction of sp³-hybridized carbons (Fsp3) is 0.455. The van der Waals surface area contributed by atoms with E-state index in [9.17, 15) is 0 Å². The van der Waals surface area contributed by atoms with Crippen LogP contribution in [0.4, 0.5) is 5.69 Å². The lowest BCUT2D eigenvalue weighted by Crippen LogP contribution is -1.99. The van der Waals surface area contributed by atoms with E-state index in [1.54, 1.807) is 0 Å². The Balaban J connectivity index is 2.53. The molecule has 0 unspecified atom stereocenters. The molecule has 13 heavy (non-hydrogen) atoms. The highest BCUT2D eigenvalue weighted by molar-refractivity contribution is 5.48. The Kier molecular flexibility index (Phi) is 3.77. The molecule has 1 rings (SSSR count). The van der Waals surface area contributed by atoms with Crippen LogP contribution in [-0.2, 0) is 6.42 Å². The van der Waals surface area contributed by atoms with Gasteiger partial charge >= 0.3 is 0 Å². The van der Waals surface area contributed by atoms with Gasteiger partial charge in [-0.15, -0.1) is 0 Å². The third-order valence-electron chi connectivity index (χ3n) is 2.26. The van der Waals surface area contributed by atoms with Crippen LogP contribution >= 0.6 is 0 Å². The molecule has 72 valence electrons. The maximum absolute atomic E-state index is 5.80. The number of nitrogens with two attached hydrogens (primary N) is 2. The molecule has 0 bridgehead atoms. The van der Waals surface area contributed by atoms with Gasteiger partial charge < -0.3 is 11.5 Å². The van der Waals surface area contributed by atoms with Crippen molar-refractivity contribution in [2.75, 3.05) is 12.3 Å². The summed E-state index contributed by atoms with van der Waals surface area (Å²) in [5.74, 6) is 0. The van der Waals surface area contributed by atoms with Gasteiger partial charge in [0.25, 0.3) is 0 Å². The lowest BCUT2D eigenvalue weighted by Gasteiger charge is -2.04. The van der Waals surface area contributed by atoms with Gasteiger partial charge in [-0.05, 0) is 49.9 Å². The molecule has 0 heterocycles. The van der Waals surface area contributed by atoms with E-state index in [2.05, 4.69) is 18.2 Å². The second-order valence-corrected chi connectivity index (χ2v) is 3.44. The van der Waals surface area contributed by atoms with Crippen LogP contribution in [0.15, 0.2) is 18.2 Å². The fourth-order valence-electron chi connectivity index (χ4n) is 1.32. The van der Waals surface area contributed by atoms with Crippen LogP contribution in [0.25, 0.3) is 0 Å². The van der Waals surface area contributed by atoms with E-state index in [-0.39, 0.29) is 0 Å². The van der Waals surface area contributed by atoms with Gasteiger partial charge in [0, 0.05) is 5.69 Å². The summed E-state index contributed by atoms with van der Waals surface area (Å²) in [4.78, 5) is 0. The molecule has 0 aliphatic carbocycles. The number of aryl methyl sites for hydroxylation is 2. The summed E-state index contributed by atoms with van der Waals surface area (Å²) in [6, 6.07) is 6.28. The molecule has 0 aromatic heterocycles. The molecule has 0 spiro atoms. The van der Waals surface area contributed by atoms with E-state index >= 15 is 0 Å². The summed E-state index contributed by atoms with van der Waals surface area (Å²) in [7, 11) is 0. The first-order valence-electron chi connectivity index (χ1n) is 4.79. The predicted molar refractivity (Wildman–Crippen MR) is 57.6 cm³/mol. The minimum atomic E-state index is 0.779. The van der Waals surface area contributed by atoms with Crippen molar-refractivity contribution in [1.29, 1.82) is 0 Å². The monoisotopic (exact) mass is 178 g/mol. The number of anilines is 1. The average Bonchev–Trinajstić information content (AvgIpc) is 2.12. The van der Waals surface area contributed by atoms with Crippen LogP contribution in [-0.4, -0.2) is 6.54 Å². The predicted octanol–water partition coefficient (Wildman–Crippen LogP) is 1.86. The van der Waals surface area contributed by atoms with Crippen molar-refractivity contribution < 1.29 is 0 Å². The molecule has 2 heteroatoms. The highest BCUT2D eigenvalue weighted by atomic mass is 14.6. The van der Waals surface area contributed by atoms with Gasteiger partial charge in [0.15, 0.2) is 0 Å². The second kappa shape index (κ2) is 4.87. The van der Waals surface area contributed by atoms with Crippen molar-refractivity contribution in [3.8, 4) is 0 Å². The fourth-order valence-corrected chi connectivity index (χ4v) is 1.32. The summed E-state index contributed by atoms with van der Waals surface area (Å²) in [6.45, 7) is 2.81. The van der Waals surface area contributed by atoms with E-state index in [4.69, 9.17) is 11.5 Å². The van der Waals surface area contributed by atoms with Crippen molar-refractivity contribution >= 4 is 5.69 Å². The summed E-state index contributed by atoms with van der Waals surface area (Å²) >= 11 is 0. The minimum Gasteiger partial charge on any atom is -0.399 e. The van der Waals surface area contributed by atoms with Crippen molar-refractivity contribution in [2.24, 2.45) is 5.73 Å². The van der Waals surface area contributed by atoms with E-state index in [0.717, 1.165) is 37.1 Å². The topological polar surface area (TPSA) is 52.0 Å². The zero-order valence-electron chi connectivity index (χ0n) is 8.22. The van der Waals surface area contributed by atoms with Crippen LogP contribution in [0.5, 0.6) is 0 Å². The highest BCUT2D eigenvalue weighted by Crippen LogP contribution is 2.14. The maximum atomic E-state index is 5.80. The number of hydrogen-bond donors (Lipinski definition) is 2. The van der Waals surface area contributed by atoms with E-state index < -0.39 is 0 Å². The second-order valence-electron chi connectivity index (χ2n) is 3.44. The van der Waals surface area contributed by atoms with Gasteiger partial charge in [0.2, 0.25) is 0 Å². The Morgan fingerprint density at radius 2 is 2.00 bits per heavy atom. The summed E-state index contributed by atoms with van der Waals surface area (Å²) < 4.78 is 0. The van der Waals surface area contributed by atoms with Crippen LogP contribution in [0.2, 0.25) is 0 Å². The molecule has 0 fully saturated rings. The summed E-state index contributed by atoms with van der Waals surface area (Å²) in [5.41, 5.74) is 14.6. The average molecular weight is 178 g/mol. The van der Waals surface area contributed by atoms with Gasteiger partial charge in [-0.2, -0.15) is 0 Å². The lowest BCUT2D eigenvalue weighted by molar-refractivity contribution is 0.745. The van der Waals surface area contributed by atoms with Gasteiger partial charge in [-0.1, -0.05) is 12.1 Å². The molecule has 0 saturated heterocycles.